The minimum Gasteiger partial charge on any atom is -0.356 e. The molecule has 1 N–H and O–H groups in total. The Bertz CT molecular complexity index is 1010. The molecule has 1 aromatic heterocycles. The van der Waals surface area contributed by atoms with E-state index in [1.807, 2.05) is 78.9 Å². The zero-order valence-corrected chi connectivity index (χ0v) is 13.6. The van der Waals surface area contributed by atoms with E-state index in [2.05, 4.69) is 27.4 Å². The number of pyridine rings is 1. The van der Waals surface area contributed by atoms with E-state index in [9.17, 15) is 0 Å². The fourth-order valence-electron chi connectivity index (χ4n) is 2.61. The number of benzene rings is 3. The van der Waals surface area contributed by atoms with Gasteiger partial charge >= 0.3 is 0 Å². The van der Waals surface area contributed by atoms with Crippen molar-refractivity contribution in [2.24, 2.45) is 4.99 Å². The normalized spacial score (nSPS) is 11.0. The Morgan fingerprint density at radius 1 is 0.680 bits per heavy atom. The Balaban J connectivity index is 1.49. The summed E-state index contributed by atoms with van der Waals surface area (Å²) in [6, 6.07) is 30.3. The lowest BCUT2D eigenvalue weighted by Gasteiger charge is -2.06. The number of aromatic nitrogens is 1. The van der Waals surface area contributed by atoms with Crippen molar-refractivity contribution in [1.29, 1.82) is 0 Å². The number of para-hydroxylation sites is 2. The van der Waals surface area contributed by atoms with Gasteiger partial charge in [-0.15, -0.1) is 0 Å². The van der Waals surface area contributed by atoms with Gasteiger partial charge in [0.05, 0.1) is 23.1 Å². The summed E-state index contributed by atoms with van der Waals surface area (Å²) in [5.41, 5.74) is 4.83. The van der Waals surface area contributed by atoms with Gasteiger partial charge in [0.15, 0.2) is 0 Å². The molecule has 0 aliphatic heterocycles. The molecule has 0 aliphatic carbocycles. The van der Waals surface area contributed by atoms with Crippen molar-refractivity contribution in [3.63, 3.8) is 0 Å². The summed E-state index contributed by atoms with van der Waals surface area (Å²) in [5.74, 6) is 0. The van der Waals surface area contributed by atoms with E-state index in [0.29, 0.717) is 0 Å². The number of nitrogens with one attached hydrogen (secondary N) is 1. The zero-order chi connectivity index (χ0) is 16.9. The molecule has 1 heterocycles. The predicted octanol–water partition coefficient (Wildman–Crippen LogP) is 5.73. The van der Waals surface area contributed by atoms with E-state index in [4.69, 9.17) is 0 Å². The van der Waals surface area contributed by atoms with Crippen LogP contribution in [0.25, 0.3) is 10.9 Å². The Hall–Kier alpha value is -3.46. The first kappa shape index (κ1) is 15.1. The molecule has 0 bridgehead atoms. The monoisotopic (exact) mass is 323 g/mol. The highest BCUT2D eigenvalue weighted by Crippen LogP contribution is 2.20. The molecule has 0 radical (unpaired) electrons. The van der Waals surface area contributed by atoms with Gasteiger partial charge in [0, 0.05) is 16.8 Å². The number of nitrogens with zero attached hydrogens (tertiary/aromatic N) is 2. The van der Waals surface area contributed by atoms with Crippen molar-refractivity contribution >= 4 is 34.2 Å². The SMILES string of the molecule is C(=Nc1ccc(Nc2ccccc2)cc1)c1ccc2ccccc2n1. The summed E-state index contributed by atoms with van der Waals surface area (Å²) < 4.78 is 0. The van der Waals surface area contributed by atoms with E-state index in [1.54, 1.807) is 6.21 Å². The maximum absolute atomic E-state index is 4.60. The summed E-state index contributed by atoms with van der Waals surface area (Å²) in [6.45, 7) is 0. The molecule has 0 aliphatic rings. The van der Waals surface area contributed by atoms with Crippen molar-refractivity contribution in [2.45, 2.75) is 0 Å². The number of fused-ring (bicyclic) bond motifs is 1. The second-order valence-electron chi connectivity index (χ2n) is 5.72. The number of anilines is 2. The van der Waals surface area contributed by atoms with Gasteiger partial charge < -0.3 is 5.32 Å². The van der Waals surface area contributed by atoms with Gasteiger partial charge in [-0.05, 0) is 48.5 Å². The average Bonchev–Trinajstić information content (AvgIpc) is 2.68. The quantitative estimate of drug-likeness (QED) is 0.487. The molecular formula is C22H17N3. The third kappa shape index (κ3) is 3.72. The standard InChI is InChI=1S/C22H17N3/c1-2-7-19(8-3-1)24-20-14-12-18(13-15-20)23-16-21-11-10-17-6-4-5-9-22(17)25-21/h1-16,24H. The number of rotatable bonds is 4. The Morgan fingerprint density at radius 2 is 1.40 bits per heavy atom. The van der Waals surface area contributed by atoms with E-state index in [0.717, 1.165) is 33.7 Å². The van der Waals surface area contributed by atoms with Crippen LogP contribution in [-0.2, 0) is 0 Å². The highest BCUT2D eigenvalue weighted by molar-refractivity contribution is 5.86. The van der Waals surface area contributed by atoms with Crippen molar-refractivity contribution in [3.8, 4) is 0 Å². The summed E-state index contributed by atoms with van der Waals surface area (Å²) in [6.07, 6.45) is 1.80. The van der Waals surface area contributed by atoms with Crippen LogP contribution in [0.4, 0.5) is 17.1 Å². The molecule has 0 fully saturated rings. The smallest absolute Gasteiger partial charge is 0.0820 e. The molecule has 4 aromatic rings. The maximum Gasteiger partial charge on any atom is 0.0820 e. The lowest BCUT2D eigenvalue weighted by molar-refractivity contribution is 1.37. The highest BCUT2D eigenvalue weighted by Gasteiger charge is 1.97. The van der Waals surface area contributed by atoms with Crippen LogP contribution in [0.15, 0.2) is 96.0 Å². The molecule has 120 valence electrons. The molecule has 0 amide bonds. The summed E-state index contributed by atoms with van der Waals surface area (Å²) >= 11 is 0. The molecule has 0 saturated heterocycles. The fourth-order valence-corrected chi connectivity index (χ4v) is 2.61. The molecular weight excluding hydrogens is 306 g/mol. The second kappa shape index (κ2) is 6.97. The molecule has 4 rings (SSSR count). The Kier molecular flexibility index (Phi) is 4.21. The zero-order valence-electron chi connectivity index (χ0n) is 13.6. The van der Waals surface area contributed by atoms with Crippen molar-refractivity contribution in [1.82, 2.24) is 4.98 Å². The van der Waals surface area contributed by atoms with Gasteiger partial charge in [-0.3, -0.25) is 4.99 Å². The molecule has 0 saturated carbocycles. The number of hydrogen-bond donors (Lipinski definition) is 1. The van der Waals surface area contributed by atoms with Crippen LogP contribution in [0.5, 0.6) is 0 Å². The first-order chi connectivity index (χ1) is 12.4. The molecule has 25 heavy (non-hydrogen) atoms. The predicted molar refractivity (Wildman–Crippen MR) is 105 cm³/mol. The van der Waals surface area contributed by atoms with E-state index >= 15 is 0 Å². The van der Waals surface area contributed by atoms with Crippen LogP contribution in [0.2, 0.25) is 0 Å². The van der Waals surface area contributed by atoms with Crippen LogP contribution >= 0.6 is 0 Å². The van der Waals surface area contributed by atoms with Crippen molar-refractivity contribution in [2.75, 3.05) is 5.32 Å². The van der Waals surface area contributed by atoms with E-state index < -0.39 is 0 Å². The molecule has 0 unspecified atom stereocenters. The van der Waals surface area contributed by atoms with Gasteiger partial charge in [-0.1, -0.05) is 42.5 Å². The topological polar surface area (TPSA) is 37.3 Å². The molecule has 3 heteroatoms. The van der Waals surface area contributed by atoms with Gasteiger partial charge in [0.2, 0.25) is 0 Å². The number of hydrogen-bond acceptors (Lipinski definition) is 3. The summed E-state index contributed by atoms with van der Waals surface area (Å²) in [4.78, 5) is 9.12. The van der Waals surface area contributed by atoms with Gasteiger partial charge in [0.25, 0.3) is 0 Å². The average molecular weight is 323 g/mol. The van der Waals surface area contributed by atoms with E-state index in [-0.39, 0.29) is 0 Å². The van der Waals surface area contributed by atoms with Crippen molar-refractivity contribution < 1.29 is 0 Å². The summed E-state index contributed by atoms with van der Waals surface area (Å²) in [7, 11) is 0. The minimum atomic E-state index is 0.852. The second-order valence-corrected chi connectivity index (χ2v) is 5.72. The molecule has 3 nitrogen and oxygen atoms in total. The first-order valence-electron chi connectivity index (χ1n) is 8.19. The molecule has 3 aromatic carbocycles. The van der Waals surface area contributed by atoms with Gasteiger partial charge in [0.1, 0.15) is 0 Å². The Morgan fingerprint density at radius 3 is 2.24 bits per heavy atom. The minimum absolute atomic E-state index is 0.852. The number of aliphatic imine (C=N–C) groups is 1. The lowest BCUT2D eigenvalue weighted by Crippen LogP contribution is -1.89. The van der Waals surface area contributed by atoms with Crippen LogP contribution in [0.1, 0.15) is 5.69 Å². The van der Waals surface area contributed by atoms with E-state index in [1.165, 1.54) is 0 Å². The third-order valence-corrected chi connectivity index (χ3v) is 3.90. The van der Waals surface area contributed by atoms with Crippen LogP contribution in [0.3, 0.4) is 0 Å². The molecule has 0 atom stereocenters. The largest absolute Gasteiger partial charge is 0.356 e. The maximum atomic E-state index is 4.60. The lowest BCUT2D eigenvalue weighted by atomic mass is 10.2. The Labute approximate surface area is 146 Å². The molecule has 0 spiro atoms. The van der Waals surface area contributed by atoms with Crippen molar-refractivity contribution in [3.05, 3.63) is 96.7 Å². The summed E-state index contributed by atoms with van der Waals surface area (Å²) in [5, 5.41) is 4.50. The van der Waals surface area contributed by atoms with Crippen LogP contribution in [-0.4, -0.2) is 11.2 Å². The first-order valence-corrected chi connectivity index (χ1v) is 8.19. The third-order valence-electron chi connectivity index (χ3n) is 3.90. The fraction of sp³-hybridized carbons (Fsp3) is 0. The highest BCUT2D eigenvalue weighted by atomic mass is 14.9. The van der Waals surface area contributed by atoms with Gasteiger partial charge in [-0.25, -0.2) is 4.98 Å². The van der Waals surface area contributed by atoms with Crippen LogP contribution in [0, 0.1) is 0 Å². The van der Waals surface area contributed by atoms with Crippen LogP contribution < -0.4 is 5.32 Å². The van der Waals surface area contributed by atoms with Gasteiger partial charge in [-0.2, -0.15) is 0 Å².